The van der Waals surface area contributed by atoms with E-state index in [1.807, 2.05) is 6.92 Å². The summed E-state index contributed by atoms with van der Waals surface area (Å²) in [4.78, 5) is 14.1. The van der Waals surface area contributed by atoms with Crippen molar-refractivity contribution >= 4 is 5.91 Å². The zero-order valence-corrected chi connectivity index (χ0v) is 12.4. The highest BCUT2D eigenvalue weighted by Gasteiger charge is 2.25. The summed E-state index contributed by atoms with van der Waals surface area (Å²) in [6.45, 7) is 4.99. The molecule has 1 unspecified atom stereocenters. The molecule has 1 aliphatic rings. The molecule has 0 aliphatic carbocycles. The molecule has 5 heteroatoms. The molecule has 0 spiro atoms. The molecule has 1 aromatic carbocycles. The van der Waals surface area contributed by atoms with Crippen LogP contribution in [0.25, 0.3) is 0 Å². The summed E-state index contributed by atoms with van der Waals surface area (Å²) in [7, 11) is 0. The fourth-order valence-electron chi connectivity index (χ4n) is 2.48. The minimum atomic E-state index is -0.387. The lowest BCUT2D eigenvalue weighted by Crippen LogP contribution is -2.43. The lowest BCUT2D eigenvalue weighted by atomic mass is 10.1. The first-order valence-corrected chi connectivity index (χ1v) is 7.45. The first-order valence-electron chi connectivity index (χ1n) is 7.45. The molecule has 1 aromatic rings. The number of benzene rings is 1. The van der Waals surface area contributed by atoms with Gasteiger partial charge in [0.2, 0.25) is 0 Å². The van der Waals surface area contributed by atoms with Crippen LogP contribution < -0.4 is 0 Å². The second-order valence-corrected chi connectivity index (χ2v) is 5.09. The number of carbonyl (C=O) groups excluding carboxylic acids is 1. The largest absolute Gasteiger partial charge is 0.379 e. The maximum Gasteiger partial charge on any atom is 0.254 e. The van der Waals surface area contributed by atoms with Crippen molar-refractivity contribution in [3.05, 3.63) is 35.6 Å². The molecule has 0 aromatic heterocycles. The molecule has 1 heterocycles. The standard InChI is InChI=1S/C16H22FNO3/c1-2-20-9-10-21-15-7-4-8-18(12-15)16(19)13-5-3-6-14(17)11-13/h3,5-6,11,15H,2,4,7-10,12H2,1H3. The predicted octanol–water partition coefficient (Wildman–Crippen LogP) is 2.48. The van der Waals surface area contributed by atoms with Crippen LogP contribution in [0.1, 0.15) is 30.1 Å². The Hall–Kier alpha value is -1.46. The summed E-state index contributed by atoms with van der Waals surface area (Å²) in [6, 6.07) is 5.82. The van der Waals surface area contributed by atoms with Gasteiger partial charge in [0.15, 0.2) is 0 Å². The van der Waals surface area contributed by atoms with Gasteiger partial charge >= 0.3 is 0 Å². The van der Waals surface area contributed by atoms with E-state index >= 15 is 0 Å². The molecular weight excluding hydrogens is 273 g/mol. The van der Waals surface area contributed by atoms with Crippen molar-refractivity contribution < 1.29 is 18.7 Å². The SMILES string of the molecule is CCOCCOC1CCCN(C(=O)c2cccc(F)c2)C1. The Morgan fingerprint density at radius 2 is 2.29 bits per heavy atom. The average molecular weight is 295 g/mol. The molecule has 0 N–H and O–H groups in total. The molecule has 2 rings (SSSR count). The quantitative estimate of drug-likeness (QED) is 0.757. The van der Waals surface area contributed by atoms with E-state index in [2.05, 4.69) is 0 Å². The van der Waals surface area contributed by atoms with E-state index in [0.29, 0.717) is 38.5 Å². The second-order valence-electron chi connectivity index (χ2n) is 5.09. The van der Waals surface area contributed by atoms with Gasteiger partial charge in [-0.05, 0) is 38.0 Å². The van der Waals surface area contributed by atoms with E-state index in [0.717, 1.165) is 12.8 Å². The maximum absolute atomic E-state index is 13.2. The van der Waals surface area contributed by atoms with Crippen LogP contribution in [0, 0.1) is 5.82 Å². The van der Waals surface area contributed by atoms with Crippen molar-refractivity contribution in [1.82, 2.24) is 4.90 Å². The number of nitrogens with zero attached hydrogens (tertiary/aromatic N) is 1. The van der Waals surface area contributed by atoms with Crippen LogP contribution in [0.3, 0.4) is 0 Å². The normalized spacial score (nSPS) is 18.8. The number of hydrogen-bond acceptors (Lipinski definition) is 3. The third-order valence-electron chi connectivity index (χ3n) is 3.52. The van der Waals surface area contributed by atoms with Crippen molar-refractivity contribution in [2.24, 2.45) is 0 Å². The molecule has 0 saturated carbocycles. The van der Waals surface area contributed by atoms with E-state index in [1.165, 1.54) is 12.1 Å². The van der Waals surface area contributed by atoms with Crippen LogP contribution in [-0.4, -0.2) is 49.8 Å². The summed E-state index contributed by atoms with van der Waals surface area (Å²) >= 11 is 0. The Morgan fingerprint density at radius 1 is 1.43 bits per heavy atom. The summed E-state index contributed by atoms with van der Waals surface area (Å²) in [5.74, 6) is -0.519. The lowest BCUT2D eigenvalue weighted by Gasteiger charge is -2.32. The molecule has 0 radical (unpaired) electrons. The van der Waals surface area contributed by atoms with E-state index in [1.54, 1.807) is 17.0 Å². The second kappa shape index (κ2) is 8.10. The molecule has 4 nitrogen and oxygen atoms in total. The Bertz CT molecular complexity index is 467. The highest BCUT2D eigenvalue weighted by molar-refractivity contribution is 5.94. The van der Waals surface area contributed by atoms with Crippen LogP contribution in [-0.2, 0) is 9.47 Å². The Kier molecular flexibility index (Phi) is 6.14. The average Bonchev–Trinajstić information content (AvgIpc) is 2.51. The van der Waals surface area contributed by atoms with Crippen molar-refractivity contribution in [3.8, 4) is 0 Å². The summed E-state index contributed by atoms with van der Waals surface area (Å²) < 4.78 is 24.2. The van der Waals surface area contributed by atoms with Gasteiger partial charge in [-0.15, -0.1) is 0 Å². The number of piperidine rings is 1. The first-order chi connectivity index (χ1) is 10.2. The Balaban J connectivity index is 1.87. The van der Waals surface area contributed by atoms with Gasteiger partial charge in [0.1, 0.15) is 5.82 Å². The lowest BCUT2D eigenvalue weighted by molar-refractivity contribution is -0.0226. The van der Waals surface area contributed by atoms with Crippen molar-refractivity contribution in [2.45, 2.75) is 25.9 Å². The molecule has 116 valence electrons. The molecular formula is C16H22FNO3. The topological polar surface area (TPSA) is 38.8 Å². The summed E-state index contributed by atoms with van der Waals surface area (Å²) in [6.07, 6.45) is 1.89. The molecule has 1 atom stereocenters. The third-order valence-corrected chi connectivity index (χ3v) is 3.52. The highest BCUT2D eigenvalue weighted by atomic mass is 19.1. The van der Waals surface area contributed by atoms with Gasteiger partial charge in [-0.3, -0.25) is 4.79 Å². The fraction of sp³-hybridized carbons (Fsp3) is 0.562. The van der Waals surface area contributed by atoms with Crippen LogP contribution in [0.4, 0.5) is 4.39 Å². The van der Waals surface area contributed by atoms with Gasteiger partial charge in [-0.2, -0.15) is 0 Å². The smallest absolute Gasteiger partial charge is 0.254 e. The summed E-state index contributed by atoms with van der Waals surface area (Å²) in [5, 5.41) is 0. The Morgan fingerprint density at radius 3 is 3.05 bits per heavy atom. The number of carbonyl (C=O) groups is 1. The van der Waals surface area contributed by atoms with Gasteiger partial charge in [-0.25, -0.2) is 4.39 Å². The molecule has 1 aliphatic heterocycles. The Labute approximate surface area is 124 Å². The zero-order chi connectivity index (χ0) is 15.1. The fourth-order valence-corrected chi connectivity index (χ4v) is 2.48. The van der Waals surface area contributed by atoms with Gasteiger partial charge in [0.05, 0.1) is 19.3 Å². The predicted molar refractivity (Wildman–Crippen MR) is 77.8 cm³/mol. The number of amides is 1. The number of hydrogen-bond donors (Lipinski definition) is 0. The maximum atomic E-state index is 13.2. The third kappa shape index (κ3) is 4.79. The number of halogens is 1. The van der Waals surface area contributed by atoms with Gasteiger partial charge in [0.25, 0.3) is 5.91 Å². The number of likely N-dealkylation sites (tertiary alicyclic amines) is 1. The van der Waals surface area contributed by atoms with Crippen LogP contribution in [0.2, 0.25) is 0 Å². The molecule has 0 bridgehead atoms. The van der Waals surface area contributed by atoms with E-state index in [-0.39, 0.29) is 17.8 Å². The van der Waals surface area contributed by atoms with Crippen molar-refractivity contribution in [1.29, 1.82) is 0 Å². The minimum Gasteiger partial charge on any atom is -0.379 e. The molecule has 1 amide bonds. The highest BCUT2D eigenvalue weighted by Crippen LogP contribution is 2.16. The van der Waals surface area contributed by atoms with Crippen LogP contribution >= 0.6 is 0 Å². The first kappa shape index (κ1) is 15.9. The van der Waals surface area contributed by atoms with Gasteiger partial charge < -0.3 is 14.4 Å². The van der Waals surface area contributed by atoms with Crippen molar-refractivity contribution in [3.63, 3.8) is 0 Å². The molecule has 1 fully saturated rings. The van der Waals surface area contributed by atoms with Gasteiger partial charge in [-0.1, -0.05) is 6.07 Å². The summed E-state index contributed by atoms with van der Waals surface area (Å²) in [5.41, 5.74) is 0.393. The molecule has 21 heavy (non-hydrogen) atoms. The number of ether oxygens (including phenoxy) is 2. The van der Waals surface area contributed by atoms with E-state index in [4.69, 9.17) is 9.47 Å². The zero-order valence-electron chi connectivity index (χ0n) is 12.4. The van der Waals surface area contributed by atoms with Crippen LogP contribution in [0.5, 0.6) is 0 Å². The number of rotatable bonds is 6. The molecule has 1 saturated heterocycles. The monoisotopic (exact) mass is 295 g/mol. The van der Waals surface area contributed by atoms with E-state index in [9.17, 15) is 9.18 Å². The van der Waals surface area contributed by atoms with Crippen LogP contribution in [0.15, 0.2) is 24.3 Å². The minimum absolute atomic E-state index is 0.0386. The van der Waals surface area contributed by atoms with E-state index < -0.39 is 0 Å². The van der Waals surface area contributed by atoms with Gasteiger partial charge in [0, 0.05) is 25.3 Å². The van der Waals surface area contributed by atoms with Crippen molar-refractivity contribution in [2.75, 3.05) is 32.9 Å².